The van der Waals surface area contributed by atoms with Crippen LogP contribution in [0.25, 0.3) is 21.5 Å². The molecule has 0 aromatic carbocycles. The van der Waals surface area contributed by atoms with Gasteiger partial charge >= 0.3 is 6.18 Å². The molecule has 4 aromatic rings. The van der Waals surface area contributed by atoms with E-state index in [0.29, 0.717) is 60.3 Å². The van der Waals surface area contributed by atoms with Crippen LogP contribution in [0.15, 0.2) is 45.3 Å². The van der Waals surface area contributed by atoms with Crippen LogP contribution in [0.1, 0.15) is 11.4 Å². The summed E-state index contributed by atoms with van der Waals surface area (Å²) in [4.78, 5) is 28.7. The summed E-state index contributed by atoms with van der Waals surface area (Å²) in [6.45, 7) is 2.74. The number of H-pyrrole nitrogens is 1. The maximum absolute atomic E-state index is 12.8. The first-order chi connectivity index (χ1) is 15.8. The summed E-state index contributed by atoms with van der Waals surface area (Å²) >= 11 is 7.46. The molecule has 5 heterocycles. The van der Waals surface area contributed by atoms with Gasteiger partial charge in [-0.05, 0) is 18.2 Å². The maximum atomic E-state index is 12.8. The fourth-order valence-electron chi connectivity index (χ4n) is 3.83. The number of furan rings is 1. The molecule has 1 aliphatic heterocycles. The minimum absolute atomic E-state index is 0.0280. The molecule has 0 saturated carbocycles. The highest BCUT2D eigenvalue weighted by Crippen LogP contribution is 2.34. The number of fused-ring (bicyclic) bond motifs is 1. The Hall–Kier alpha value is -2.89. The van der Waals surface area contributed by atoms with Crippen molar-refractivity contribution in [1.82, 2.24) is 19.9 Å². The Labute approximate surface area is 194 Å². The molecular weight excluding hydrogens is 479 g/mol. The second-order valence-corrected chi connectivity index (χ2v) is 8.88. The highest BCUT2D eigenvalue weighted by atomic mass is 35.5. The van der Waals surface area contributed by atoms with Crippen molar-refractivity contribution in [2.45, 2.75) is 12.7 Å². The van der Waals surface area contributed by atoms with Crippen LogP contribution >= 0.6 is 22.9 Å². The van der Waals surface area contributed by atoms with Crippen molar-refractivity contribution >= 4 is 39.0 Å². The Kier molecular flexibility index (Phi) is 5.63. The largest absolute Gasteiger partial charge is 0.464 e. The molecule has 0 unspecified atom stereocenters. The number of rotatable bonds is 4. The van der Waals surface area contributed by atoms with Gasteiger partial charge in [0.25, 0.3) is 5.56 Å². The summed E-state index contributed by atoms with van der Waals surface area (Å²) in [5.41, 5.74) is -0.374. The standard InChI is InChI=1S/C21H17ClF3N5O2S/c22-14-8-12(21(23,24)25)9-26-18(14)30-5-3-29(4-6-30)10-16-27-19(31)17-13(11-33-20(17)28-16)15-2-1-7-32-15/h1-2,7-9,11H,3-6,10H2,(H,27,28,31). The van der Waals surface area contributed by atoms with E-state index in [2.05, 4.69) is 19.9 Å². The first-order valence-electron chi connectivity index (χ1n) is 10.0. The third kappa shape index (κ3) is 4.35. The van der Waals surface area contributed by atoms with Crippen molar-refractivity contribution in [1.29, 1.82) is 0 Å². The smallest absolute Gasteiger partial charge is 0.417 e. The maximum Gasteiger partial charge on any atom is 0.417 e. The summed E-state index contributed by atoms with van der Waals surface area (Å²) < 4.78 is 43.9. The van der Waals surface area contributed by atoms with E-state index in [0.717, 1.165) is 17.8 Å². The Bertz CT molecular complexity index is 1340. The minimum atomic E-state index is -4.49. The molecule has 0 spiro atoms. The molecule has 12 heteroatoms. The SMILES string of the molecule is O=c1[nH]c(CN2CCN(c3ncc(C(F)(F)F)cc3Cl)CC2)nc2scc(-c3ccco3)c12. The predicted octanol–water partition coefficient (Wildman–Crippen LogP) is 4.63. The number of piperazine rings is 1. The number of nitrogens with one attached hydrogen (secondary N) is 1. The van der Waals surface area contributed by atoms with E-state index >= 15 is 0 Å². The summed E-state index contributed by atoms with van der Waals surface area (Å²) in [5, 5.41) is 2.33. The molecule has 0 radical (unpaired) electrons. The lowest BCUT2D eigenvalue weighted by Crippen LogP contribution is -2.46. The van der Waals surface area contributed by atoms with E-state index in [4.69, 9.17) is 16.0 Å². The minimum Gasteiger partial charge on any atom is -0.464 e. The van der Waals surface area contributed by atoms with Crippen molar-refractivity contribution < 1.29 is 17.6 Å². The van der Waals surface area contributed by atoms with Crippen LogP contribution in [0.2, 0.25) is 5.02 Å². The zero-order valence-corrected chi connectivity index (χ0v) is 18.6. The summed E-state index contributed by atoms with van der Waals surface area (Å²) in [5.74, 6) is 1.51. The summed E-state index contributed by atoms with van der Waals surface area (Å²) in [6, 6.07) is 4.46. The number of nitrogens with zero attached hydrogens (tertiary/aromatic N) is 4. The highest BCUT2D eigenvalue weighted by Gasteiger charge is 2.32. The van der Waals surface area contributed by atoms with E-state index < -0.39 is 11.7 Å². The lowest BCUT2D eigenvalue weighted by Gasteiger charge is -2.35. The monoisotopic (exact) mass is 495 g/mol. The zero-order chi connectivity index (χ0) is 23.2. The number of thiophene rings is 1. The van der Waals surface area contributed by atoms with Gasteiger partial charge in [-0.3, -0.25) is 9.69 Å². The number of aromatic nitrogens is 3. The second kappa shape index (κ2) is 8.47. The van der Waals surface area contributed by atoms with E-state index in [9.17, 15) is 18.0 Å². The number of hydrogen-bond acceptors (Lipinski definition) is 7. The fraction of sp³-hybridized carbons (Fsp3) is 0.286. The topological polar surface area (TPSA) is 78.3 Å². The van der Waals surface area contributed by atoms with Crippen LogP contribution < -0.4 is 10.5 Å². The molecule has 0 bridgehead atoms. The molecule has 7 nitrogen and oxygen atoms in total. The molecular formula is C21H17ClF3N5O2S. The van der Waals surface area contributed by atoms with Crippen LogP contribution in [-0.2, 0) is 12.7 Å². The Balaban J connectivity index is 1.27. The van der Waals surface area contributed by atoms with Crippen molar-refractivity contribution in [2.24, 2.45) is 0 Å². The van der Waals surface area contributed by atoms with Gasteiger partial charge in [-0.1, -0.05) is 11.6 Å². The van der Waals surface area contributed by atoms with Crippen LogP contribution in [-0.4, -0.2) is 46.0 Å². The van der Waals surface area contributed by atoms with Gasteiger partial charge in [0.1, 0.15) is 22.2 Å². The molecule has 1 aliphatic rings. The molecule has 4 aromatic heterocycles. The first kappa shape index (κ1) is 21.9. The molecule has 5 rings (SSSR count). The zero-order valence-electron chi connectivity index (χ0n) is 17.0. The van der Waals surface area contributed by atoms with Crippen molar-refractivity contribution in [3.8, 4) is 11.3 Å². The molecule has 1 N–H and O–H groups in total. The molecule has 172 valence electrons. The van der Waals surface area contributed by atoms with Gasteiger partial charge in [0.05, 0.1) is 28.8 Å². The molecule has 33 heavy (non-hydrogen) atoms. The number of aromatic amines is 1. The van der Waals surface area contributed by atoms with Gasteiger partial charge in [-0.25, -0.2) is 9.97 Å². The van der Waals surface area contributed by atoms with Gasteiger partial charge in [0.2, 0.25) is 0 Å². The average Bonchev–Trinajstić information content (AvgIpc) is 3.43. The van der Waals surface area contributed by atoms with Gasteiger partial charge < -0.3 is 14.3 Å². The normalized spacial score (nSPS) is 15.5. The molecule has 1 fully saturated rings. The van der Waals surface area contributed by atoms with Crippen LogP contribution in [0.5, 0.6) is 0 Å². The van der Waals surface area contributed by atoms with E-state index in [1.54, 1.807) is 18.4 Å². The van der Waals surface area contributed by atoms with Gasteiger partial charge in [-0.15, -0.1) is 11.3 Å². The van der Waals surface area contributed by atoms with E-state index in [-0.39, 0.29) is 10.6 Å². The van der Waals surface area contributed by atoms with Crippen LogP contribution in [0.4, 0.5) is 19.0 Å². The third-order valence-electron chi connectivity index (χ3n) is 5.47. The lowest BCUT2D eigenvalue weighted by atomic mass is 10.2. The van der Waals surface area contributed by atoms with Gasteiger partial charge in [0, 0.05) is 43.3 Å². The Morgan fingerprint density at radius 1 is 1.24 bits per heavy atom. The van der Waals surface area contributed by atoms with Gasteiger partial charge in [-0.2, -0.15) is 13.2 Å². The fourth-order valence-corrected chi connectivity index (χ4v) is 5.06. The van der Waals surface area contributed by atoms with E-state index in [1.165, 1.54) is 11.3 Å². The number of anilines is 1. The average molecular weight is 496 g/mol. The van der Waals surface area contributed by atoms with Gasteiger partial charge in [0.15, 0.2) is 0 Å². The Morgan fingerprint density at radius 3 is 2.70 bits per heavy atom. The quantitative estimate of drug-likeness (QED) is 0.444. The van der Waals surface area contributed by atoms with Crippen LogP contribution in [0, 0.1) is 0 Å². The first-order valence-corrected chi connectivity index (χ1v) is 11.3. The summed E-state index contributed by atoms with van der Waals surface area (Å²) in [6.07, 6.45) is -2.13. The van der Waals surface area contributed by atoms with Crippen LogP contribution in [0.3, 0.4) is 0 Å². The lowest BCUT2D eigenvalue weighted by molar-refractivity contribution is -0.137. The molecule has 1 saturated heterocycles. The Morgan fingerprint density at radius 2 is 2.03 bits per heavy atom. The molecule has 0 aliphatic carbocycles. The second-order valence-electron chi connectivity index (χ2n) is 7.61. The number of alkyl halides is 3. The molecule has 0 atom stereocenters. The molecule has 0 amide bonds. The van der Waals surface area contributed by atoms with Crippen molar-refractivity contribution in [2.75, 3.05) is 31.1 Å². The number of pyridine rings is 1. The third-order valence-corrected chi connectivity index (χ3v) is 6.62. The van der Waals surface area contributed by atoms with Crippen molar-refractivity contribution in [3.63, 3.8) is 0 Å². The summed E-state index contributed by atoms with van der Waals surface area (Å²) in [7, 11) is 0. The number of halogens is 4. The van der Waals surface area contributed by atoms with Crippen molar-refractivity contribution in [3.05, 3.63) is 62.8 Å². The predicted molar refractivity (Wildman–Crippen MR) is 120 cm³/mol. The highest BCUT2D eigenvalue weighted by molar-refractivity contribution is 7.17. The van der Waals surface area contributed by atoms with E-state index in [1.807, 2.05) is 10.3 Å². The number of hydrogen-bond donors (Lipinski definition) is 1.